The number of thiazole rings is 1. The lowest BCUT2D eigenvalue weighted by Crippen LogP contribution is -2.62. The van der Waals surface area contributed by atoms with Crippen LogP contribution in [0.15, 0.2) is 47.5 Å². The molecule has 1 aromatic heterocycles. The summed E-state index contributed by atoms with van der Waals surface area (Å²) >= 11 is 13.4. The molecular weight excluding hydrogens is 625 g/mol. The number of carbonyl (C=O) groups excluding carboxylic acids is 4. The van der Waals surface area contributed by atoms with Gasteiger partial charge >= 0.3 is 0 Å². The number of aromatic nitrogens is 1. The third kappa shape index (κ3) is 7.14. The quantitative estimate of drug-likeness (QED) is 0.116. The number of para-hydroxylation sites is 1. The zero-order chi connectivity index (χ0) is 31.4. The number of nitrogens with one attached hydrogen (secondary N) is 1. The number of hydrogen-bond acceptors (Lipinski definition) is 7. The normalized spacial score (nSPS) is 18.8. The first kappa shape index (κ1) is 31.7. The molecule has 2 aliphatic heterocycles. The molecule has 14 heteroatoms. The molecule has 0 aliphatic carbocycles. The Morgan fingerprint density at radius 2 is 1.89 bits per heavy atom. The fraction of sp³-hybridized carbons (Fsp3) is 0.400. The highest BCUT2D eigenvalue weighted by Crippen LogP contribution is 2.30. The minimum atomic E-state index is -0.898. The molecule has 11 nitrogen and oxygen atoms in total. The van der Waals surface area contributed by atoms with E-state index in [0.717, 1.165) is 10.3 Å². The molecule has 2 fully saturated rings. The van der Waals surface area contributed by atoms with Gasteiger partial charge in [-0.15, -0.1) is 11.3 Å². The van der Waals surface area contributed by atoms with Gasteiger partial charge in [-0.05, 0) is 68.4 Å². The van der Waals surface area contributed by atoms with Crippen molar-refractivity contribution in [2.45, 2.75) is 56.7 Å². The number of aryl methyl sites for hydroxylation is 1. The summed E-state index contributed by atoms with van der Waals surface area (Å²) in [6.45, 7) is 0.584. The minimum Gasteiger partial charge on any atom is -0.370 e. The van der Waals surface area contributed by atoms with Crippen molar-refractivity contribution in [3.63, 3.8) is 0 Å². The van der Waals surface area contributed by atoms with Crippen LogP contribution in [-0.4, -0.2) is 82.0 Å². The van der Waals surface area contributed by atoms with Crippen molar-refractivity contribution in [1.29, 1.82) is 0 Å². The molecular formula is C30H33Cl2N7O4S. The minimum absolute atomic E-state index is 0.0585. The number of rotatable bonds is 12. The van der Waals surface area contributed by atoms with Crippen molar-refractivity contribution in [2.75, 3.05) is 19.6 Å². The molecule has 0 bridgehead atoms. The molecule has 5 rings (SSSR count). The Morgan fingerprint density at radius 1 is 1.09 bits per heavy atom. The highest BCUT2D eigenvalue weighted by Gasteiger charge is 2.49. The summed E-state index contributed by atoms with van der Waals surface area (Å²) in [5.74, 6) is -1.32. The van der Waals surface area contributed by atoms with E-state index in [9.17, 15) is 19.2 Å². The molecule has 3 heterocycles. The summed E-state index contributed by atoms with van der Waals surface area (Å²) in [5, 5.41) is 4.09. The Bertz CT molecular complexity index is 1580. The third-order valence-electron chi connectivity index (χ3n) is 7.86. The zero-order valence-electron chi connectivity index (χ0n) is 23.9. The summed E-state index contributed by atoms with van der Waals surface area (Å²) < 4.78 is 0.860. The summed E-state index contributed by atoms with van der Waals surface area (Å²) in [6.07, 6.45) is 2.70. The molecule has 232 valence electrons. The van der Waals surface area contributed by atoms with Crippen LogP contribution in [0.25, 0.3) is 10.2 Å². The molecule has 0 spiro atoms. The van der Waals surface area contributed by atoms with E-state index in [1.165, 1.54) is 16.2 Å². The Balaban J connectivity index is 1.23. The number of aliphatic imine (C=N–C) groups is 1. The SMILES string of the molecule is NC(N)=NCCC[C@H](NC(=O)[C@@H]1CC[C@H]2C(=O)N(CCCc3ccc(Cl)c(Cl)c3)CC(=O)N12)C(=O)c1nc2ccccc2s1. The second kappa shape index (κ2) is 13.9. The van der Waals surface area contributed by atoms with Crippen molar-refractivity contribution in [3.05, 3.63) is 63.1 Å². The lowest BCUT2D eigenvalue weighted by atomic mass is 10.1. The molecule has 3 amide bonds. The number of guanidine groups is 1. The number of hydrogen-bond donors (Lipinski definition) is 3. The first-order chi connectivity index (χ1) is 21.1. The van der Waals surface area contributed by atoms with Gasteiger partial charge in [-0.3, -0.25) is 24.2 Å². The Labute approximate surface area is 268 Å². The van der Waals surface area contributed by atoms with Gasteiger partial charge in [0.2, 0.25) is 23.5 Å². The summed E-state index contributed by atoms with van der Waals surface area (Å²) in [6, 6.07) is 10.4. The van der Waals surface area contributed by atoms with E-state index in [-0.39, 0.29) is 48.1 Å². The average molecular weight is 659 g/mol. The fourth-order valence-corrected chi connectivity index (χ4v) is 7.00. The van der Waals surface area contributed by atoms with Gasteiger partial charge in [0.1, 0.15) is 12.1 Å². The van der Waals surface area contributed by atoms with Gasteiger partial charge in [0.25, 0.3) is 0 Å². The van der Waals surface area contributed by atoms with E-state index in [2.05, 4.69) is 15.3 Å². The van der Waals surface area contributed by atoms with Crippen LogP contribution in [-0.2, 0) is 20.8 Å². The van der Waals surface area contributed by atoms with Gasteiger partial charge < -0.3 is 26.6 Å². The van der Waals surface area contributed by atoms with Gasteiger partial charge in [-0.1, -0.05) is 41.4 Å². The van der Waals surface area contributed by atoms with Crippen LogP contribution in [0.5, 0.6) is 0 Å². The number of amides is 3. The van der Waals surface area contributed by atoms with Crippen molar-refractivity contribution in [1.82, 2.24) is 20.1 Å². The maximum absolute atomic E-state index is 13.6. The van der Waals surface area contributed by atoms with Gasteiger partial charge in [-0.25, -0.2) is 4.98 Å². The van der Waals surface area contributed by atoms with E-state index in [1.807, 2.05) is 30.3 Å². The molecule has 2 saturated heterocycles. The Hall–Kier alpha value is -3.74. The molecule has 2 aliphatic rings. The number of ketones is 1. The molecule has 0 radical (unpaired) electrons. The van der Waals surface area contributed by atoms with E-state index >= 15 is 0 Å². The van der Waals surface area contributed by atoms with Crippen LogP contribution in [0.1, 0.15) is 47.5 Å². The number of nitrogens with two attached hydrogens (primary N) is 2. The number of carbonyl (C=O) groups is 4. The molecule has 2 aromatic carbocycles. The van der Waals surface area contributed by atoms with Crippen LogP contribution in [0.4, 0.5) is 0 Å². The second-order valence-electron chi connectivity index (χ2n) is 10.9. The number of piperazine rings is 1. The first-order valence-corrected chi connectivity index (χ1v) is 16.0. The molecule has 3 aromatic rings. The lowest BCUT2D eigenvalue weighted by molar-refractivity contribution is -0.157. The number of Topliss-reactive ketones (excluding diaryl/α,β-unsaturated/α-hetero) is 1. The molecule has 0 saturated carbocycles. The standard InChI is InChI=1S/C30H33Cl2N7O4S/c31-18-10-9-17(15-19(18)32)5-4-14-38-16-25(40)39-22(11-12-23(39)29(38)43)27(42)36-21(7-3-13-35-30(33)34)26(41)28-37-20-6-1-2-8-24(20)44-28/h1-2,6,8-10,15,21-23H,3-5,7,11-14,16H2,(H,36,42)(H4,33,34,35)/t21-,22-,23-/m0/s1. The van der Waals surface area contributed by atoms with Crippen LogP contribution in [0, 0.1) is 0 Å². The predicted octanol–water partition coefficient (Wildman–Crippen LogP) is 3.16. The number of nitrogens with zero attached hydrogens (tertiary/aromatic N) is 4. The second-order valence-corrected chi connectivity index (χ2v) is 12.7. The van der Waals surface area contributed by atoms with E-state index < -0.39 is 24.0 Å². The number of halogens is 2. The summed E-state index contributed by atoms with van der Waals surface area (Å²) in [5.41, 5.74) is 12.6. The topological polar surface area (TPSA) is 164 Å². The van der Waals surface area contributed by atoms with Crippen molar-refractivity contribution in [3.8, 4) is 0 Å². The van der Waals surface area contributed by atoms with Gasteiger partial charge in [0, 0.05) is 13.1 Å². The summed E-state index contributed by atoms with van der Waals surface area (Å²) in [7, 11) is 0. The van der Waals surface area contributed by atoms with Gasteiger partial charge in [-0.2, -0.15) is 0 Å². The molecule has 0 unspecified atom stereocenters. The fourth-order valence-electron chi connectivity index (χ4n) is 5.72. The number of fused-ring (bicyclic) bond motifs is 2. The Morgan fingerprint density at radius 3 is 2.64 bits per heavy atom. The molecule has 5 N–H and O–H groups in total. The van der Waals surface area contributed by atoms with Crippen molar-refractivity contribution in [2.24, 2.45) is 16.5 Å². The van der Waals surface area contributed by atoms with Crippen LogP contribution in [0.2, 0.25) is 10.0 Å². The molecule has 3 atom stereocenters. The maximum Gasteiger partial charge on any atom is 0.245 e. The van der Waals surface area contributed by atoms with Crippen LogP contribution in [0.3, 0.4) is 0 Å². The summed E-state index contributed by atoms with van der Waals surface area (Å²) in [4.78, 5) is 65.2. The van der Waals surface area contributed by atoms with Gasteiger partial charge in [0.05, 0.1) is 32.8 Å². The lowest BCUT2D eigenvalue weighted by Gasteiger charge is -2.38. The van der Waals surface area contributed by atoms with E-state index in [1.54, 1.807) is 17.0 Å². The average Bonchev–Trinajstić information content (AvgIpc) is 3.64. The van der Waals surface area contributed by atoms with E-state index in [0.29, 0.717) is 54.2 Å². The maximum atomic E-state index is 13.6. The monoisotopic (exact) mass is 657 g/mol. The van der Waals surface area contributed by atoms with Crippen molar-refractivity contribution >= 4 is 74.2 Å². The number of benzene rings is 2. The smallest absolute Gasteiger partial charge is 0.245 e. The molecule has 44 heavy (non-hydrogen) atoms. The van der Waals surface area contributed by atoms with Crippen LogP contribution < -0.4 is 16.8 Å². The first-order valence-electron chi connectivity index (χ1n) is 14.4. The highest BCUT2D eigenvalue weighted by molar-refractivity contribution is 7.20. The van der Waals surface area contributed by atoms with Gasteiger partial charge in [0.15, 0.2) is 11.0 Å². The third-order valence-corrected chi connectivity index (χ3v) is 9.65. The van der Waals surface area contributed by atoms with Crippen molar-refractivity contribution < 1.29 is 19.2 Å². The van der Waals surface area contributed by atoms with E-state index in [4.69, 9.17) is 34.7 Å². The largest absolute Gasteiger partial charge is 0.370 e. The zero-order valence-corrected chi connectivity index (χ0v) is 26.2. The Kier molecular flexibility index (Phi) is 10.0. The van der Waals surface area contributed by atoms with Crippen LogP contribution >= 0.6 is 34.5 Å². The predicted molar refractivity (Wildman–Crippen MR) is 171 cm³/mol. The highest BCUT2D eigenvalue weighted by atomic mass is 35.5.